The largest absolute Gasteiger partial charge is 0.341 e. The Hall–Kier alpha value is -1.35. The van der Waals surface area contributed by atoms with E-state index in [-0.39, 0.29) is 5.91 Å². The molecule has 1 atom stereocenters. The maximum absolute atomic E-state index is 11.7. The minimum absolute atomic E-state index is 0.180. The zero-order valence-electron chi connectivity index (χ0n) is 11.1. The summed E-state index contributed by atoms with van der Waals surface area (Å²) in [6.45, 7) is 4.43. The van der Waals surface area contributed by atoms with Gasteiger partial charge in [-0.2, -0.15) is 0 Å². The molecule has 3 nitrogen and oxygen atoms in total. The molecule has 0 saturated carbocycles. The number of amides is 1. The molecule has 0 bridgehead atoms. The van der Waals surface area contributed by atoms with Crippen LogP contribution in [0, 0.1) is 0 Å². The van der Waals surface area contributed by atoms with Crippen molar-refractivity contribution in [3.05, 3.63) is 35.9 Å². The van der Waals surface area contributed by atoms with Crippen molar-refractivity contribution in [1.29, 1.82) is 0 Å². The fourth-order valence-electron chi connectivity index (χ4n) is 2.46. The first-order valence-corrected chi connectivity index (χ1v) is 6.78. The summed E-state index contributed by atoms with van der Waals surface area (Å²) in [5.74, 6) is 0.180. The molecule has 1 aromatic rings. The van der Waals surface area contributed by atoms with Gasteiger partial charge in [-0.15, -0.1) is 0 Å². The molecule has 1 aromatic carbocycles. The van der Waals surface area contributed by atoms with E-state index >= 15 is 0 Å². The molecule has 0 unspecified atom stereocenters. The van der Waals surface area contributed by atoms with E-state index in [2.05, 4.69) is 17.4 Å². The van der Waals surface area contributed by atoms with Crippen LogP contribution in [0.3, 0.4) is 0 Å². The first kappa shape index (κ1) is 13.1. The average molecular weight is 246 g/mol. The SMILES string of the molecule is CC(=O)N(CCc1ccccc1)C[C@@H]1CCCN1. The molecule has 1 heterocycles. The van der Waals surface area contributed by atoms with E-state index in [1.807, 2.05) is 23.1 Å². The monoisotopic (exact) mass is 246 g/mol. The summed E-state index contributed by atoms with van der Waals surface area (Å²) in [5, 5.41) is 3.45. The van der Waals surface area contributed by atoms with Crippen LogP contribution in [0.5, 0.6) is 0 Å². The molecule has 3 heteroatoms. The number of hydrogen-bond donors (Lipinski definition) is 1. The summed E-state index contributed by atoms with van der Waals surface area (Å²) in [5.41, 5.74) is 1.29. The lowest BCUT2D eigenvalue weighted by molar-refractivity contribution is -0.129. The van der Waals surface area contributed by atoms with E-state index < -0.39 is 0 Å². The Morgan fingerprint density at radius 3 is 2.78 bits per heavy atom. The van der Waals surface area contributed by atoms with E-state index in [0.717, 1.165) is 26.1 Å². The maximum atomic E-state index is 11.7. The van der Waals surface area contributed by atoms with Crippen LogP contribution in [-0.4, -0.2) is 36.5 Å². The van der Waals surface area contributed by atoms with Crippen molar-refractivity contribution in [1.82, 2.24) is 10.2 Å². The van der Waals surface area contributed by atoms with Gasteiger partial charge < -0.3 is 10.2 Å². The van der Waals surface area contributed by atoms with E-state index in [4.69, 9.17) is 0 Å². The number of nitrogens with zero attached hydrogens (tertiary/aromatic N) is 1. The molecule has 1 fully saturated rings. The van der Waals surface area contributed by atoms with Crippen LogP contribution < -0.4 is 5.32 Å². The zero-order chi connectivity index (χ0) is 12.8. The number of carbonyl (C=O) groups excluding carboxylic acids is 1. The number of benzene rings is 1. The summed E-state index contributed by atoms with van der Waals surface area (Å²) in [4.78, 5) is 13.6. The third-order valence-electron chi connectivity index (χ3n) is 3.56. The number of nitrogens with one attached hydrogen (secondary N) is 1. The molecular formula is C15H22N2O. The van der Waals surface area contributed by atoms with Crippen LogP contribution in [-0.2, 0) is 11.2 Å². The Morgan fingerprint density at radius 1 is 1.39 bits per heavy atom. The Bertz CT molecular complexity index is 371. The minimum atomic E-state index is 0.180. The molecule has 1 amide bonds. The molecule has 1 aliphatic rings. The van der Waals surface area contributed by atoms with Gasteiger partial charge in [-0.3, -0.25) is 4.79 Å². The lowest BCUT2D eigenvalue weighted by Gasteiger charge is -2.24. The third kappa shape index (κ3) is 3.84. The van der Waals surface area contributed by atoms with Crippen LogP contribution in [0.15, 0.2) is 30.3 Å². The second-order valence-corrected chi connectivity index (χ2v) is 4.99. The second-order valence-electron chi connectivity index (χ2n) is 4.99. The standard InChI is InChI=1S/C15H22N2O/c1-13(18)17(12-15-8-5-10-16-15)11-9-14-6-3-2-4-7-14/h2-4,6-7,15-16H,5,8-12H2,1H3/t15-/m0/s1. The maximum Gasteiger partial charge on any atom is 0.219 e. The highest BCUT2D eigenvalue weighted by Gasteiger charge is 2.19. The third-order valence-corrected chi connectivity index (χ3v) is 3.56. The Balaban J connectivity index is 1.84. The molecule has 1 N–H and O–H groups in total. The van der Waals surface area contributed by atoms with Crippen LogP contribution >= 0.6 is 0 Å². The molecular weight excluding hydrogens is 224 g/mol. The van der Waals surface area contributed by atoms with Crippen molar-refractivity contribution in [3.8, 4) is 0 Å². The van der Waals surface area contributed by atoms with E-state index in [0.29, 0.717) is 6.04 Å². The molecule has 2 rings (SSSR count). The lowest BCUT2D eigenvalue weighted by Crippen LogP contribution is -2.41. The smallest absolute Gasteiger partial charge is 0.219 e. The predicted octanol–water partition coefficient (Wildman–Crippen LogP) is 1.83. The van der Waals surface area contributed by atoms with Gasteiger partial charge in [0.25, 0.3) is 0 Å². The van der Waals surface area contributed by atoms with Crippen LogP contribution in [0.1, 0.15) is 25.3 Å². The fraction of sp³-hybridized carbons (Fsp3) is 0.533. The van der Waals surface area contributed by atoms with Gasteiger partial charge in [-0.05, 0) is 31.4 Å². The molecule has 0 aliphatic carbocycles. The van der Waals surface area contributed by atoms with Gasteiger partial charge in [0.05, 0.1) is 0 Å². The highest BCUT2D eigenvalue weighted by Crippen LogP contribution is 2.08. The summed E-state index contributed by atoms with van der Waals surface area (Å²) in [6, 6.07) is 10.8. The molecule has 18 heavy (non-hydrogen) atoms. The van der Waals surface area contributed by atoms with E-state index in [1.54, 1.807) is 6.92 Å². The van der Waals surface area contributed by atoms with Gasteiger partial charge >= 0.3 is 0 Å². The normalized spacial score (nSPS) is 18.8. The summed E-state index contributed by atoms with van der Waals surface area (Å²) in [6.07, 6.45) is 3.36. The summed E-state index contributed by atoms with van der Waals surface area (Å²) in [7, 11) is 0. The predicted molar refractivity (Wildman–Crippen MR) is 73.4 cm³/mol. The molecule has 1 saturated heterocycles. The van der Waals surface area contributed by atoms with Crippen molar-refractivity contribution in [2.75, 3.05) is 19.6 Å². The first-order chi connectivity index (χ1) is 8.75. The first-order valence-electron chi connectivity index (χ1n) is 6.78. The van der Waals surface area contributed by atoms with Crippen LogP contribution in [0.4, 0.5) is 0 Å². The van der Waals surface area contributed by atoms with Crippen molar-refractivity contribution in [3.63, 3.8) is 0 Å². The topological polar surface area (TPSA) is 32.3 Å². The number of rotatable bonds is 5. The second kappa shape index (κ2) is 6.55. The van der Waals surface area contributed by atoms with Gasteiger partial charge in [0.15, 0.2) is 0 Å². The number of carbonyl (C=O) groups is 1. The highest BCUT2D eigenvalue weighted by molar-refractivity contribution is 5.73. The lowest BCUT2D eigenvalue weighted by atomic mass is 10.1. The number of hydrogen-bond acceptors (Lipinski definition) is 2. The average Bonchev–Trinajstić information content (AvgIpc) is 2.88. The van der Waals surface area contributed by atoms with Crippen LogP contribution in [0.2, 0.25) is 0 Å². The van der Waals surface area contributed by atoms with Gasteiger partial charge in [-0.25, -0.2) is 0 Å². The summed E-state index contributed by atoms with van der Waals surface area (Å²) < 4.78 is 0. The van der Waals surface area contributed by atoms with Crippen molar-refractivity contribution < 1.29 is 4.79 Å². The molecule has 1 aliphatic heterocycles. The molecule has 0 spiro atoms. The Kier molecular flexibility index (Phi) is 4.76. The zero-order valence-corrected chi connectivity index (χ0v) is 11.1. The Labute approximate surface area is 109 Å². The quantitative estimate of drug-likeness (QED) is 0.859. The van der Waals surface area contributed by atoms with E-state index in [9.17, 15) is 4.79 Å². The van der Waals surface area contributed by atoms with Gasteiger partial charge in [0.1, 0.15) is 0 Å². The molecule has 0 radical (unpaired) electrons. The highest BCUT2D eigenvalue weighted by atomic mass is 16.2. The van der Waals surface area contributed by atoms with Crippen molar-refractivity contribution in [2.45, 2.75) is 32.2 Å². The van der Waals surface area contributed by atoms with Crippen molar-refractivity contribution >= 4 is 5.91 Å². The fourth-order valence-corrected chi connectivity index (χ4v) is 2.46. The van der Waals surface area contributed by atoms with Gasteiger partial charge in [0.2, 0.25) is 5.91 Å². The summed E-state index contributed by atoms with van der Waals surface area (Å²) >= 11 is 0. The van der Waals surface area contributed by atoms with Gasteiger partial charge in [-0.1, -0.05) is 30.3 Å². The van der Waals surface area contributed by atoms with Gasteiger partial charge in [0, 0.05) is 26.1 Å². The Morgan fingerprint density at radius 2 is 2.17 bits per heavy atom. The van der Waals surface area contributed by atoms with Crippen molar-refractivity contribution in [2.24, 2.45) is 0 Å². The molecule has 98 valence electrons. The van der Waals surface area contributed by atoms with E-state index in [1.165, 1.54) is 18.4 Å². The minimum Gasteiger partial charge on any atom is -0.341 e. The molecule has 0 aromatic heterocycles. The van der Waals surface area contributed by atoms with Crippen LogP contribution in [0.25, 0.3) is 0 Å².